The van der Waals surface area contributed by atoms with Gasteiger partial charge in [-0.25, -0.2) is 8.42 Å². The molecule has 21 heavy (non-hydrogen) atoms. The van der Waals surface area contributed by atoms with Crippen LogP contribution in [0.25, 0.3) is 0 Å². The van der Waals surface area contributed by atoms with Crippen LogP contribution in [0.5, 0.6) is 0 Å². The minimum absolute atomic E-state index is 0.126. The molecule has 2 rings (SSSR count). The molecule has 118 valence electrons. The predicted molar refractivity (Wildman–Crippen MR) is 91.9 cm³/mol. The molecule has 0 spiro atoms. The Morgan fingerprint density at radius 2 is 2.10 bits per heavy atom. The average Bonchev–Trinajstić information content (AvgIpc) is 2.60. The number of thioether (sulfide) groups is 1. The van der Waals surface area contributed by atoms with Crippen molar-refractivity contribution in [1.29, 1.82) is 0 Å². The summed E-state index contributed by atoms with van der Waals surface area (Å²) in [4.78, 5) is 0.315. The molecule has 1 fully saturated rings. The van der Waals surface area contributed by atoms with Crippen molar-refractivity contribution in [3.63, 3.8) is 0 Å². The minimum atomic E-state index is -3.48. The van der Waals surface area contributed by atoms with Gasteiger partial charge in [0.1, 0.15) is 0 Å². The normalized spacial score (nSPS) is 20.2. The van der Waals surface area contributed by atoms with Crippen molar-refractivity contribution in [1.82, 2.24) is 4.31 Å². The maximum atomic E-state index is 12.9. The van der Waals surface area contributed by atoms with Gasteiger partial charge in [0.25, 0.3) is 0 Å². The molecule has 7 heteroatoms. The van der Waals surface area contributed by atoms with E-state index in [0.717, 1.165) is 17.7 Å². The molecule has 0 aliphatic carbocycles. The largest absolute Gasteiger partial charge is 0.326 e. The molecule has 0 amide bonds. The Morgan fingerprint density at radius 1 is 1.38 bits per heavy atom. The summed E-state index contributed by atoms with van der Waals surface area (Å²) >= 11 is 5.18. The van der Waals surface area contributed by atoms with E-state index in [1.807, 2.05) is 17.8 Å². The van der Waals surface area contributed by atoms with Crippen molar-refractivity contribution in [2.75, 3.05) is 18.8 Å². The summed E-state index contributed by atoms with van der Waals surface area (Å²) in [5.74, 6) is 0.820. The molecule has 0 bridgehead atoms. The first-order chi connectivity index (χ1) is 9.76. The third kappa shape index (κ3) is 4.01. The second-order valence-electron chi connectivity index (χ2n) is 5.73. The van der Waals surface area contributed by atoms with Gasteiger partial charge in [-0.05, 0) is 40.0 Å². The van der Waals surface area contributed by atoms with Crippen LogP contribution in [-0.2, 0) is 16.6 Å². The van der Waals surface area contributed by atoms with E-state index in [-0.39, 0.29) is 4.75 Å². The summed E-state index contributed by atoms with van der Waals surface area (Å²) in [6, 6.07) is 5.26. The minimum Gasteiger partial charge on any atom is -0.326 e. The van der Waals surface area contributed by atoms with E-state index in [0.29, 0.717) is 29.0 Å². The third-order valence-electron chi connectivity index (χ3n) is 3.65. The fourth-order valence-electron chi connectivity index (χ4n) is 2.25. The first kappa shape index (κ1) is 17.3. The number of benzene rings is 1. The van der Waals surface area contributed by atoms with Gasteiger partial charge in [0.05, 0.1) is 4.90 Å². The fraction of sp³-hybridized carbons (Fsp3) is 0.571. The highest BCUT2D eigenvalue weighted by Crippen LogP contribution is 2.33. The number of sulfonamides is 1. The van der Waals surface area contributed by atoms with Crippen LogP contribution in [0.3, 0.4) is 0 Å². The highest BCUT2D eigenvalue weighted by Gasteiger charge is 2.31. The Morgan fingerprint density at radius 3 is 2.76 bits per heavy atom. The van der Waals surface area contributed by atoms with Gasteiger partial charge in [-0.15, -0.1) is 0 Å². The van der Waals surface area contributed by atoms with Gasteiger partial charge < -0.3 is 5.73 Å². The van der Waals surface area contributed by atoms with Crippen molar-refractivity contribution in [2.45, 2.75) is 36.5 Å². The van der Waals surface area contributed by atoms with Gasteiger partial charge in [0.2, 0.25) is 10.0 Å². The average molecular weight is 393 g/mol. The molecule has 1 aliphatic heterocycles. The van der Waals surface area contributed by atoms with Crippen molar-refractivity contribution in [3.05, 3.63) is 28.2 Å². The van der Waals surface area contributed by atoms with Crippen LogP contribution >= 0.6 is 27.7 Å². The van der Waals surface area contributed by atoms with Crippen molar-refractivity contribution < 1.29 is 8.42 Å². The third-order valence-corrected chi connectivity index (χ3v) is 7.91. The van der Waals surface area contributed by atoms with Crippen LogP contribution in [0.1, 0.15) is 25.8 Å². The lowest BCUT2D eigenvalue weighted by atomic mass is 10.1. The zero-order chi connectivity index (χ0) is 15.7. The second-order valence-corrected chi connectivity index (χ2v) is 10.3. The predicted octanol–water partition coefficient (Wildman–Crippen LogP) is 2.81. The molecular formula is C14H21BrN2O2S2. The van der Waals surface area contributed by atoms with Crippen molar-refractivity contribution in [2.24, 2.45) is 5.73 Å². The zero-order valence-corrected chi connectivity index (χ0v) is 15.5. The van der Waals surface area contributed by atoms with E-state index in [9.17, 15) is 8.42 Å². The van der Waals surface area contributed by atoms with E-state index in [1.54, 1.807) is 16.4 Å². The number of hydrogen-bond acceptors (Lipinski definition) is 4. The fourth-order valence-corrected chi connectivity index (χ4v) is 5.89. The summed E-state index contributed by atoms with van der Waals surface area (Å²) in [5.41, 5.74) is 6.44. The molecular weight excluding hydrogens is 372 g/mol. The highest BCUT2D eigenvalue weighted by atomic mass is 79.9. The molecule has 0 atom stereocenters. The van der Waals surface area contributed by atoms with Crippen LogP contribution < -0.4 is 5.73 Å². The molecule has 1 saturated heterocycles. The lowest BCUT2D eigenvalue weighted by Crippen LogP contribution is -2.34. The van der Waals surface area contributed by atoms with Gasteiger partial charge in [-0.2, -0.15) is 16.1 Å². The SMILES string of the molecule is CC1(C)CCN(S(=O)(=O)c2cc(CN)ccc2Br)CCS1. The Bertz CT molecular complexity index is 617. The standard InChI is InChI=1S/C14H21BrN2O2S2/c1-14(2)5-6-17(7-8-20-14)21(18,19)13-9-11(10-16)3-4-12(13)15/h3-4,9H,5-8,10,16H2,1-2H3. The first-order valence-electron chi connectivity index (χ1n) is 6.89. The molecule has 1 aliphatic rings. The number of halogens is 1. The van der Waals surface area contributed by atoms with Crippen LogP contribution in [0.15, 0.2) is 27.6 Å². The topological polar surface area (TPSA) is 63.4 Å². The number of hydrogen-bond donors (Lipinski definition) is 1. The van der Waals surface area contributed by atoms with E-state index in [4.69, 9.17) is 5.73 Å². The van der Waals surface area contributed by atoms with Crippen LogP contribution in [0.4, 0.5) is 0 Å². The van der Waals surface area contributed by atoms with E-state index >= 15 is 0 Å². The van der Waals surface area contributed by atoms with Gasteiger partial charge in [-0.3, -0.25) is 0 Å². The van der Waals surface area contributed by atoms with Gasteiger partial charge in [0.15, 0.2) is 0 Å². The van der Waals surface area contributed by atoms with Crippen LogP contribution in [0.2, 0.25) is 0 Å². The van der Waals surface area contributed by atoms with E-state index in [2.05, 4.69) is 29.8 Å². The Kier molecular flexibility index (Phi) is 5.41. The number of nitrogens with zero attached hydrogens (tertiary/aromatic N) is 1. The molecule has 0 unspecified atom stereocenters. The summed E-state index contributed by atoms with van der Waals surface area (Å²) in [7, 11) is -3.48. The lowest BCUT2D eigenvalue weighted by Gasteiger charge is -2.23. The Labute approximate surface area is 139 Å². The maximum absolute atomic E-state index is 12.9. The second kappa shape index (κ2) is 6.58. The molecule has 1 aromatic carbocycles. The van der Waals surface area contributed by atoms with Crippen LogP contribution in [0, 0.1) is 0 Å². The quantitative estimate of drug-likeness (QED) is 0.858. The molecule has 0 saturated carbocycles. The summed E-state index contributed by atoms with van der Waals surface area (Å²) < 4.78 is 28.1. The van der Waals surface area contributed by atoms with Crippen LogP contribution in [-0.4, -0.2) is 36.3 Å². The number of rotatable bonds is 3. The summed E-state index contributed by atoms with van der Waals surface area (Å²) in [5, 5.41) is 0. The van der Waals surface area contributed by atoms with Gasteiger partial charge >= 0.3 is 0 Å². The molecule has 2 N–H and O–H groups in total. The Balaban J connectivity index is 2.33. The number of nitrogens with two attached hydrogens (primary N) is 1. The Hall–Kier alpha value is -0.0800. The summed E-state index contributed by atoms with van der Waals surface area (Å²) in [6.45, 7) is 5.77. The monoisotopic (exact) mass is 392 g/mol. The zero-order valence-electron chi connectivity index (χ0n) is 12.3. The molecule has 0 radical (unpaired) electrons. The van der Waals surface area contributed by atoms with Gasteiger partial charge in [-0.1, -0.05) is 19.9 Å². The van der Waals surface area contributed by atoms with Crippen molar-refractivity contribution in [3.8, 4) is 0 Å². The lowest BCUT2D eigenvalue weighted by molar-refractivity contribution is 0.415. The smallest absolute Gasteiger partial charge is 0.244 e. The van der Waals surface area contributed by atoms with E-state index in [1.165, 1.54) is 0 Å². The van der Waals surface area contributed by atoms with Gasteiger partial charge in [0, 0.05) is 34.6 Å². The molecule has 1 heterocycles. The van der Waals surface area contributed by atoms with Crippen molar-refractivity contribution >= 4 is 37.7 Å². The summed E-state index contributed by atoms with van der Waals surface area (Å²) in [6.07, 6.45) is 0.852. The first-order valence-corrected chi connectivity index (χ1v) is 10.1. The highest BCUT2D eigenvalue weighted by molar-refractivity contribution is 9.10. The maximum Gasteiger partial charge on any atom is 0.244 e. The molecule has 0 aromatic heterocycles. The molecule has 1 aromatic rings. The van der Waals surface area contributed by atoms with E-state index < -0.39 is 10.0 Å². The molecule has 4 nitrogen and oxygen atoms in total.